The number of halogens is 2. The number of benzene rings is 3. The van der Waals surface area contributed by atoms with Crippen LogP contribution in [0.5, 0.6) is 17.2 Å². The van der Waals surface area contributed by atoms with E-state index in [4.69, 9.17) is 49.6 Å². The third-order valence-corrected chi connectivity index (χ3v) is 5.46. The van der Waals surface area contributed by atoms with Crippen LogP contribution in [0.2, 0.25) is 10.0 Å². The predicted octanol–water partition coefficient (Wildman–Crippen LogP) is 4.95. The van der Waals surface area contributed by atoms with Gasteiger partial charge in [-0.25, -0.2) is 0 Å². The normalized spacial score (nSPS) is 10.2. The van der Waals surface area contributed by atoms with Crippen molar-refractivity contribution in [3.63, 3.8) is 0 Å². The number of hydrogen-bond donors (Lipinski definition) is 3. The van der Waals surface area contributed by atoms with Gasteiger partial charge < -0.3 is 14.2 Å². The van der Waals surface area contributed by atoms with Gasteiger partial charge in [0.05, 0.1) is 17.2 Å². The zero-order chi connectivity index (χ0) is 26.5. The molecule has 3 N–H and O–H groups in total. The SMILES string of the molecule is O=C(CCCOc1ccc(Cl)cc1Cl)NNC(=S)NC(=O)c1ccccc1OCCOc1ccccc1. The molecule has 11 heteroatoms. The quantitative estimate of drug-likeness (QED) is 0.173. The average Bonchev–Trinajstić information content (AvgIpc) is 2.89. The van der Waals surface area contributed by atoms with Crippen LogP contribution in [0.4, 0.5) is 0 Å². The molecule has 0 saturated heterocycles. The van der Waals surface area contributed by atoms with Gasteiger partial charge in [-0.2, -0.15) is 0 Å². The van der Waals surface area contributed by atoms with Crippen LogP contribution >= 0.6 is 35.4 Å². The molecule has 2 amide bonds. The van der Waals surface area contributed by atoms with Crippen molar-refractivity contribution < 1.29 is 23.8 Å². The number of thiocarbonyl (C=S) groups is 1. The van der Waals surface area contributed by atoms with Crippen molar-refractivity contribution in [1.82, 2.24) is 16.2 Å². The van der Waals surface area contributed by atoms with Gasteiger partial charge in [0.1, 0.15) is 30.5 Å². The molecule has 37 heavy (non-hydrogen) atoms. The first-order valence-corrected chi connectivity index (χ1v) is 12.5. The Morgan fingerprint density at radius 1 is 0.784 bits per heavy atom. The zero-order valence-electron chi connectivity index (χ0n) is 19.7. The lowest BCUT2D eigenvalue weighted by Gasteiger charge is -2.14. The summed E-state index contributed by atoms with van der Waals surface area (Å²) >= 11 is 17.0. The molecular weight excluding hydrogens is 537 g/mol. The van der Waals surface area contributed by atoms with E-state index in [1.807, 2.05) is 30.3 Å². The standard InChI is InChI=1S/C26H25Cl2N3O5S/c27-18-12-13-23(21(28)17-18)35-14-6-11-24(32)30-31-26(37)29-25(33)20-9-4-5-10-22(20)36-16-15-34-19-7-2-1-3-8-19/h1-5,7-10,12-13,17H,6,11,14-16H2,(H,30,32)(H2,29,31,33,37). The molecule has 0 aliphatic carbocycles. The molecule has 8 nitrogen and oxygen atoms in total. The lowest BCUT2D eigenvalue weighted by Crippen LogP contribution is -2.48. The van der Waals surface area contributed by atoms with E-state index in [9.17, 15) is 9.59 Å². The van der Waals surface area contributed by atoms with E-state index in [0.29, 0.717) is 34.6 Å². The third kappa shape index (κ3) is 9.80. The molecular formula is C26H25Cl2N3O5S. The first kappa shape index (κ1) is 28.0. The monoisotopic (exact) mass is 561 g/mol. The van der Waals surface area contributed by atoms with E-state index in [1.165, 1.54) is 0 Å². The number of ether oxygens (including phenoxy) is 3. The predicted molar refractivity (Wildman–Crippen MR) is 146 cm³/mol. The van der Waals surface area contributed by atoms with Crippen LogP contribution in [0.3, 0.4) is 0 Å². The molecule has 0 radical (unpaired) electrons. The fourth-order valence-corrected chi connectivity index (χ4v) is 3.61. The molecule has 3 rings (SSSR count). The van der Waals surface area contributed by atoms with Crippen molar-refractivity contribution >= 4 is 52.3 Å². The first-order valence-electron chi connectivity index (χ1n) is 11.3. The summed E-state index contributed by atoms with van der Waals surface area (Å²) in [6.07, 6.45) is 0.598. The largest absolute Gasteiger partial charge is 0.492 e. The fraction of sp³-hybridized carbons (Fsp3) is 0.192. The summed E-state index contributed by atoms with van der Waals surface area (Å²) < 4.78 is 16.9. The summed E-state index contributed by atoms with van der Waals surface area (Å²) in [4.78, 5) is 24.7. The zero-order valence-corrected chi connectivity index (χ0v) is 22.0. The number of rotatable bonds is 11. The summed E-state index contributed by atoms with van der Waals surface area (Å²) in [6, 6.07) is 21.0. The number of hydrogen-bond acceptors (Lipinski definition) is 6. The van der Waals surface area contributed by atoms with Crippen LogP contribution in [0, 0.1) is 0 Å². The second-order valence-electron chi connectivity index (χ2n) is 7.49. The highest BCUT2D eigenvalue weighted by molar-refractivity contribution is 7.80. The van der Waals surface area contributed by atoms with Crippen molar-refractivity contribution in [2.75, 3.05) is 19.8 Å². The van der Waals surface area contributed by atoms with Gasteiger partial charge in [0.25, 0.3) is 5.91 Å². The molecule has 0 saturated carbocycles. The number of amides is 2. The molecule has 0 heterocycles. The Balaban J connectivity index is 1.35. The Morgan fingerprint density at radius 3 is 2.27 bits per heavy atom. The number of nitrogens with one attached hydrogen (secondary N) is 3. The van der Waals surface area contributed by atoms with Gasteiger partial charge in [-0.05, 0) is 61.1 Å². The van der Waals surface area contributed by atoms with Gasteiger partial charge >= 0.3 is 0 Å². The summed E-state index contributed by atoms with van der Waals surface area (Å²) in [5.41, 5.74) is 5.23. The van der Waals surface area contributed by atoms with E-state index < -0.39 is 5.91 Å². The lowest BCUT2D eigenvalue weighted by molar-refractivity contribution is -0.121. The second-order valence-corrected chi connectivity index (χ2v) is 8.74. The highest BCUT2D eigenvalue weighted by Gasteiger charge is 2.14. The minimum atomic E-state index is -0.487. The highest BCUT2D eigenvalue weighted by atomic mass is 35.5. The molecule has 194 valence electrons. The Kier molecular flexibility index (Phi) is 11.3. The summed E-state index contributed by atoms with van der Waals surface area (Å²) in [7, 11) is 0. The molecule has 3 aromatic rings. The van der Waals surface area contributed by atoms with Gasteiger partial charge in [-0.1, -0.05) is 53.5 Å². The smallest absolute Gasteiger partial charge is 0.261 e. The third-order valence-electron chi connectivity index (χ3n) is 4.73. The van der Waals surface area contributed by atoms with Crippen molar-refractivity contribution in [3.8, 4) is 17.2 Å². The van der Waals surface area contributed by atoms with Crippen LogP contribution in [0.1, 0.15) is 23.2 Å². The van der Waals surface area contributed by atoms with Crippen molar-refractivity contribution in [1.29, 1.82) is 0 Å². The number of hydrazine groups is 1. The van der Waals surface area contributed by atoms with E-state index in [1.54, 1.807) is 42.5 Å². The second kappa shape index (κ2) is 14.9. The number of carbonyl (C=O) groups excluding carboxylic acids is 2. The first-order chi connectivity index (χ1) is 17.9. The molecule has 0 spiro atoms. The molecule has 0 fully saturated rings. The van der Waals surface area contributed by atoms with Crippen molar-refractivity contribution in [2.45, 2.75) is 12.8 Å². The fourth-order valence-electron chi connectivity index (χ4n) is 3.01. The van der Waals surface area contributed by atoms with Gasteiger partial charge in [0.2, 0.25) is 5.91 Å². The minimum Gasteiger partial charge on any atom is -0.492 e. The van der Waals surface area contributed by atoms with Crippen molar-refractivity contribution in [2.24, 2.45) is 0 Å². The maximum Gasteiger partial charge on any atom is 0.261 e. The molecule has 0 bridgehead atoms. The van der Waals surface area contributed by atoms with Gasteiger partial charge in [-0.3, -0.25) is 25.8 Å². The van der Waals surface area contributed by atoms with Gasteiger partial charge in [0.15, 0.2) is 5.11 Å². The summed E-state index contributed by atoms with van der Waals surface area (Å²) in [5, 5.41) is 3.35. The van der Waals surface area contributed by atoms with E-state index in [2.05, 4.69) is 16.2 Å². The Bertz CT molecular complexity index is 1210. The summed E-state index contributed by atoms with van der Waals surface area (Å²) in [5.74, 6) is 0.781. The van der Waals surface area contributed by atoms with E-state index >= 15 is 0 Å². The van der Waals surface area contributed by atoms with Crippen LogP contribution in [0.15, 0.2) is 72.8 Å². The number of para-hydroxylation sites is 2. The molecule has 0 unspecified atom stereocenters. The van der Waals surface area contributed by atoms with Crippen LogP contribution in [0.25, 0.3) is 0 Å². The minimum absolute atomic E-state index is 0.0650. The maximum atomic E-state index is 12.7. The topological polar surface area (TPSA) is 97.9 Å². The molecule has 0 aliphatic heterocycles. The Hall–Kier alpha value is -3.53. The van der Waals surface area contributed by atoms with Crippen LogP contribution in [-0.2, 0) is 4.79 Å². The lowest BCUT2D eigenvalue weighted by atomic mass is 10.2. The van der Waals surface area contributed by atoms with Gasteiger partial charge in [-0.15, -0.1) is 0 Å². The van der Waals surface area contributed by atoms with E-state index in [0.717, 1.165) is 5.75 Å². The number of carbonyl (C=O) groups is 2. The van der Waals surface area contributed by atoms with Gasteiger partial charge in [0, 0.05) is 11.4 Å². The average molecular weight is 562 g/mol. The van der Waals surface area contributed by atoms with Crippen LogP contribution < -0.4 is 30.4 Å². The maximum absolute atomic E-state index is 12.7. The highest BCUT2D eigenvalue weighted by Crippen LogP contribution is 2.27. The molecule has 0 aliphatic rings. The van der Waals surface area contributed by atoms with Crippen molar-refractivity contribution in [3.05, 3.63) is 88.4 Å². The van der Waals surface area contributed by atoms with E-state index in [-0.39, 0.29) is 36.2 Å². The molecule has 3 aromatic carbocycles. The molecule has 0 aromatic heterocycles. The Labute approximate surface area is 230 Å². The van der Waals surface area contributed by atoms with Crippen LogP contribution in [-0.4, -0.2) is 36.7 Å². The molecule has 0 atom stereocenters. The summed E-state index contributed by atoms with van der Waals surface area (Å²) in [6.45, 7) is 0.832. The Morgan fingerprint density at radius 2 is 1.49 bits per heavy atom.